The lowest BCUT2D eigenvalue weighted by molar-refractivity contribution is -0.125. The highest BCUT2D eigenvalue weighted by atomic mass is 16.3. The highest BCUT2D eigenvalue weighted by Gasteiger charge is 2.46. The molecule has 4 nitrogen and oxygen atoms in total. The number of carbonyl (C=O) groups is 2. The summed E-state index contributed by atoms with van der Waals surface area (Å²) >= 11 is 0. The lowest BCUT2D eigenvalue weighted by Crippen LogP contribution is -2.28. The molecule has 2 saturated heterocycles. The second kappa shape index (κ2) is 2.58. The molecule has 0 aromatic rings. The largest absolute Gasteiger partial charge is 0.512 e. The summed E-state index contributed by atoms with van der Waals surface area (Å²) in [6.45, 7) is 2.03. The van der Waals surface area contributed by atoms with Crippen LogP contribution >= 0.6 is 0 Å². The fraction of sp³-hybridized carbons (Fsp3) is 0.556. The first-order valence-corrected chi connectivity index (χ1v) is 4.38. The molecule has 4 heteroatoms. The van der Waals surface area contributed by atoms with E-state index in [1.807, 2.05) is 0 Å². The number of hydrogen-bond acceptors (Lipinski definition) is 3. The van der Waals surface area contributed by atoms with Crippen molar-refractivity contribution in [3.05, 3.63) is 11.3 Å². The highest BCUT2D eigenvalue weighted by Crippen LogP contribution is 2.30. The van der Waals surface area contributed by atoms with E-state index < -0.39 is 0 Å². The van der Waals surface area contributed by atoms with Crippen LogP contribution in [-0.2, 0) is 9.59 Å². The molecule has 1 atom stereocenters. The van der Waals surface area contributed by atoms with Crippen molar-refractivity contribution in [2.45, 2.75) is 25.8 Å². The van der Waals surface area contributed by atoms with Gasteiger partial charge in [0.25, 0.3) is 5.91 Å². The number of ketones is 1. The van der Waals surface area contributed by atoms with E-state index in [0.29, 0.717) is 6.54 Å². The molecule has 2 aliphatic heterocycles. The van der Waals surface area contributed by atoms with Crippen LogP contribution in [0.1, 0.15) is 19.8 Å². The van der Waals surface area contributed by atoms with Crippen LogP contribution in [-0.4, -0.2) is 34.3 Å². The van der Waals surface area contributed by atoms with Crippen molar-refractivity contribution in [1.82, 2.24) is 4.90 Å². The molecule has 0 saturated carbocycles. The smallest absolute Gasteiger partial charge is 0.261 e. The predicted octanol–water partition coefficient (Wildman–Crippen LogP) is 0.392. The molecule has 2 rings (SSSR count). The number of amides is 1. The lowest BCUT2D eigenvalue weighted by atomic mass is 10.1. The fourth-order valence-electron chi connectivity index (χ4n) is 2.03. The summed E-state index contributed by atoms with van der Waals surface area (Å²) < 4.78 is 0. The van der Waals surface area contributed by atoms with Gasteiger partial charge in [0, 0.05) is 6.54 Å². The lowest BCUT2D eigenvalue weighted by Gasteiger charge is -2.11. The second-order valence-corrected chi connectivity index (χ2v) is 3.48. The Morgan fingerprint density at radius 2 is 2.23 bits per heavy atom. The van der Waals surface area contributed by atoms with E-state index >= 15 is 0 Å². The SMILES string of the molecule is C/C(O)=C1/C(=O)[C@@H]2CCCN2C1=O. The van der Waals surface area contributed by atoms with E-state index in [2.05, 4.69) is 0 Å². The fourth-order valence-corrected chi connectivity index (χ4v) is 2.03. The third-order valence-electron chi connectivity index (χ3n) is 2.64. The number of allylic oxidation sites excluding steroid dienone is 1. The first-order chi connectivity index (χ1) is 6.13. The highest BCUT2D eigenvalue weighted by molar-refractivity contribution is 6.26. The second-order valence-electron chi connectivity index (χ2n) is 3.48. The van der Waals surface area contributed by atoms with Crippen LogP contribution in [0.25, 0.3) is 0 Å². The van der Waals surface area contributed by atoms with Gasteiger partial charge in [-0.3, -0.25) is 9.59 Å². The number of carbonyl (C=O) groups excluding carboxylic acids is 2. The van der Waals surface area contributed by atoms with Gasteiger partial charge in [-0.15, -0.1) is 0 Å². The number of Topliss-reactive ketones (excluding diaryl/α,β-unsaturated/α-hetero) is 1. The molecule has 70 valence electrons. The van der Waals surface area contributed by atoms with Gasteiger partial charge in [0.05, 0.1) is 6.04 Å². The zero-order valence-corrected chi connectivity index (χ0v) is 7.41. The summed E-state index contributed by atoms with van der Waals surface area (Å²) in [7, 11) is 0. The third-order valence-corrected chi connectivity index (χ3v) is 2.64. The maximum Gasteiger partial charge on any atom is 0.261 e. The van der Waals surface area contributed by atoms with Gasteiger partial charge in [-0.1, -0.05) is 0 Å². The van der Waals surface area contributed by atoms with Crippen molar-refractivity contribution in [3.8, 4) is 0 Å². The number of fused-ring (bicyclic) bond motifs is 1. The minimum Gasteiger partial charge on any atom is -0.512 e. The molecular formula is C9H11NO3. The molecule has 0 aliphatic carbocycles. The van der Waals surface area contributed by atoms with Gasteiger partial charge < -0.3 is 10.0 Å². The van der Waals surface area contributed by atoms with Crippen LogP contribution in [0, 0.1) is 0 Å². The van der Waals surface area contributed by atoms with Crippen molar-refractivity contribution in [2.24, 2.45) is 0 Å². The summed E-state index contributed by atoms with van der Waals surface area (Å²) in [5.41, 5.74) is -0.00954. The van der Waals surface area contributed by atoms with Crippen molar-refractivity contribution in [2.75, 3.05) is 6.54 Å². The van der Waals surface area contributed by atoms with Gasteiger partial charge in [0.2, 0.25) is 0 Å². The summed E-state index contributed by atoms with van der Waals surface area (Å²) in [6, 6.07) is -0.287. The van der Waals surface area contributed by atoms with E-state index in [0.717, 1.165) is 12.8 Å². The average Bonchev–Trinajstić information content (AvgIpc) is 2.56. The number of nitrogens with zero attached hydrogens (tertiary/aromatic N) is 1. The van der Waals surface area contributed by atoms with Crippen LogP contribution in [0.15, 0.2) is 11.3 Å². The molecular weight excluding hydrogens is 170 g/mol. The zero-order chi connectivity index (χ0) is 9.59. The summed E-state index contributed by atoms with van der Waals surface area (Å²) in [5, 5.41) is 9.16. The number of aliphatic hydroxyl groups is 1. The van der Waals surface area contributed by atoms with E-state index in [9.17, 15) is 9.59 Å². The van der Waals surface area contributed by atoms with Gasteiger partial charge >= 0.3 is 0 Å². The normalized spacial score (nSPS) is 31.2. The zero-order valence-electron chi connectivity index (χ0n) is 7.41. The maximum absolute atomic E-state index is 11.6. The van der Waals surface area contributed by atoms with Crippen LogP contribution in [0.3, 0.4) is 0 Å². The third kappa shape index (κ3) is 0.978. The molecule has 2 aliphatic rings. The molecule has 0 radical (unpaired) electrons. The molecule has 1 amide bonds. The molecule has 2 fully saturated rings. The number of rotatable bonds is 0. The van der Waals surface area contributed by atoms with Gasteiger partial charge in [0.15, 0.2) is 5.78 Å². The summed E-state index contributed by atoms with van der Waals surface area (Å²) in [4.78, 5) is 24.6. The monoisotopic (exact) mass is 181 g/mol. The van der Waals surface area contributed by atoms with Crippen LogP contribution in [0.5, 0.6) is 0 Å². The minimum absolute atomic E-state index is 0.00954. The van der Waals surface area contributed by atoms with Crippen molar-refractivity contribution in [1.29, 1.82) is 0 Å². The van der Waals surface area contributed by atoms with Crippen LogP contribution < -0.4 is 0 Å². The van der Waals surface area contributed by atoms with Gasteiger partial charge in [0.1, 0.15) is 11.3 Å². The van der Waals surface area contributed by atoms with Gasteiger partial charge in [-0.2, -0.15) is 0 Å². The Morgan fingerprint density at radius 3 is 2.77 bits per heavy atom. The van der Waals surface area contributed by atoms with E-state index in [1.54, 1.807) is 4.90 Å². The standard InChI is InChI=1S/C9H11NO3/c1-5(11)7-8(12)6-3-2-4-10(6)9(7)13/h6,11H,2-4H2,1H3/b7-5+/t6-/m0/s1. The van der Waals surface area contributed by atoms with Gasteiger partial charge in [-0.25, -0.2) is 0 Å². The van der Waals surface area contributed by atoms with Crippen LogP contribution in [0.4, 0.5) is 0 Å². The minimum atomic E-state index is -0.299. The Labute approximate surface area is 75.8 Å². The molecule has 1 N–H and O–H groups in total. The maximum atomic E-state index is 11.6. The van der Waals surface area contributed by atoms with Gasteiger partial charge in [-0.05, 0) is 19.8 Å². The molecule has 13 heavy (non-hydrogen) atoms. The van der Waals surface area contributed by atoms with E-state index in [1.165, 1.54) is 6.92 Å². The molecule has 0 spiro atoms. The van der Waals surface area contributed by atoms with Crippen molar-refractivity contribution >= 4 is 11.7 Å². The Morgan fingerprint density at radius 1 is 1.54 bits per heavy atom. The van der Waals surface area contributed by atoms with E-state index in [-0.39, 0.29) is 29.1 Å². The Kier molecular flexibility index (Phi) is 1.65. The van der Waals surface area contributed by atoms with E-state index in [4.69, 9.17) is 5.11 Å². The summed E-state index contributed by atoms with van der Waals surface area (Å²) in [5.74, 6) is -0.653. The topological polar surface area (TPSA) is 57.6 Å². The first kappa shape index (κ1) is 8.29. The average molecular weight is 181 g/mol. The number of hydrogen-bond donors (Lipinski definition) is 1. The Bertz CT molecular complexity index is 291. The number of aliphatic hydroxyl groups excluding tert-OH is 1. The molecule has 0 aromatic carbocycles. The Hall–Kier alpha value is -1.32. The van der Waals surface area contributed by atoms with Crippen molar-refractivity contribution < 1.29 is 14.7 Å². The quantitative estimate of drug-likeness (QED) is 0.334. The van der Waals surface area contributed by atoms with Crippen molar-refractivity contribution in [3.63, 3.8) is 0 Å². The molecule has 0 aromatic heterocycles. The Balaban J connectivity index is 2.43. The molecule has 0 unspecified atom stereocenters. The predicted molar refractivity (Wildman–Crippen MR) is 45.1 cm³/mol. The molecule has 0 bridgehead atoms. The summed E-state index contributed by atoms with van der Waals surface area (Å²) in [6.07, 6.45) is 1.63. The van der Waals surface area contributed by atoms with Crippen LogP contribution in [0.2, 0.25) is 0 Å². The first-order valence-electron chi connectivity index (χ1n) is 4.38. The molecule has 2 heterocycles.